The van der Waals surface area contributed by atoms with Crippen LogP contribution in [0.15, 0.2) is 75.3 Å². The van der Waals surface area contributed by atoms with E-state index in [-0.39, 0.29) is 18.6 Å². The van der Waals surface area contributed by atoms with Crippen LogP contribution in [0.3, 0.4) is 0 Å². The number of ether oxygens (including phenoxy) is 1. The third kappa shape index (κ3) is 4.44. The highest BCUT2D eigenvalue weighted by Gasteiger charge is 2.18. The fraction of sp³-hybridized carbons (Fsp3) is 0.167. The molecule has 0 saturated heterocycles. The molecule has 0 saturated carbocycles. The number of fused-ring (bicyclic) bond motifs is 1. The molecular formula is C24H21NO4S. The van der Waals surface area contributed by atoms with E-state index in [0.29, 0.717) is 11.3 Å². The summed E-state index contributed by atoms with van der Waals surface area (Å²) in [5.74, 6) is 0.231. The highest BCUT2D eigenvalue weighted by molar-refractivity contribution is 7.10. The molecule has 152 valence electrons. The van der Waals surface area contributed by atoms with Gasteiger partial charge in [-0.3, -0.25) is 4.79 Å². The van der Waals surface area contributed by atoms with E-state index in [0.717, 1.165) is 27.0 Å². The first-order valence-electron chi connectivity index (χ1n) is 9.56. The summed E-state index contributed by atoms with van der Waals surface area (Å²) in [4.78, 5) is 25.3. The monoisotopic (exact) mass is 419 g/mol. The first-order chi connectivity index (χ1) is 14.5. The van der Waals surface area contributed by atoms with Gasteiger partial charge in [0.25, 0.3) is 5.91 Å². The topological polar surface area (TPSA) is 68.5 Å². The zero-order chi connectivity index (χ0) is 21.1. The van der Waals surface area contributed by atoms with E-state index >= 15 is 0 Å². The van der Waals surface area contributed by atoms with Crippen molar-refractivity contribution in [3.05, 3.63) is 98.0 Å². The molecule has 1 atom stereocenters. The molecule has 0 aliphatic heterocycles. The molecule has 30 heavy (non-hydrogen) atoms. The predicted molar refractivity (Wildman–Crippen MR) is 118 cm³/mol. The van der Waals surface area contributed by atoms with Crippen LogP contribution in [0.25, 0.3) is 11.0 Å². The van der Waals surface area contributed by atoms with Crippen LogP contribution in [0, 0.1) is 13.8 Å². The van der Waals surface area contributed by atoms with Crippen molar-refractivity contribution in [2.24, 2.45) is 0 Å². The summed E-state index contributed by atoms with van der Waals surface area (Å²) >= 11 is 1.59. The lowest BCUT2D eigenvalue weighted by Gasteiger charge is -2.18. The van der Waals surface area contributed by atoms with Crippen molar-refractivity contribution in [1.29, 1.82) is 0 Å². The fourth-order valence-electron chi connectivity index (χ4n) is 3.28. The van der Waals surface area contributed by atoms with Crippen LogP contribution >= 0.6 is 11.3 Å². The molecule has 0 spiro atoms. The van der Waals surface area contributed by atoms with Crippen LogP contribution in [0.1, 0.15) is 27.6 Å². The van der Waals surface area contributed by atoms with Gasteiger partial charge in [-0.2, -0.15) is 0 Å². The zero-order valence-corrected chi connectivity index (χ0v) is 17.5. The second kappa shape index (κ2) is 8.55. The molecule has 5 nitrogen and oxygen atoms in total. The van der Waals surface area contributed by atoms with Crippen molar-refractivity contribution < 1.29 is 13.9 Å². The molecule has 1 unspecified atom stereocenters. The lowest BCUT2D eigenvalue weighted by atomic mass is 10.0. The summed E-state index contributed by atoms with van der Waals surface area (Å²) in [6, 6.07) is 18.5. The quantitative estimate of drug-likeness (QED) is 0.458. The van der Waals surface area contributed by atoms with E-state index in [1.54, 1.807) is 23.5 Å². The molecular weight excluding hydrogens is 398 g/mol. The van der Waals surface area contributed by atoms with Gasteiger partial charge >= 0.3 is 5.63 Å². The molecule has 0 aliphatic rings. The minimum absolute atomic E-state index is 0.144. The van der Waals surface area contributed by atoms with Gasteiger partial charge in [0.15, 0.2) is 6.61 Å². The number of nitrogens with one attached hydrogen (secondary N) is 1. The molecule has 0 fully saturated rings. The zero-order valence-electron chi connectivity index (χ0n) is 16.7. The van der Waals surface area contributed by atoms with E-state index in [2.05, 4.69) is 5.32 Å². The lowest BCUT2D eigenvalue weighted by molar-refractivity contribution is -0.123. The van der Waals surface area contributed by atoms with Crippen LogP contribution in [0.2, 0.25) is 0 Å². The van der Waals surface area contributed by atoms with Crippen molar-refractivity contribution in [1.82, 2.24) is 5.32 Å². The van der Waals surface area contributed by atoms with Gasteiger partial charge in [0.2, 0.25) is 0 Å². The Labute approximate surface area is 177 Å². The predicted octanol–water partition coefficient (Wildman–Crippen LogP) is 4.76. The Morgan fingerprint density at radius 3 is 2.63 bits per heavy atom. The molecule has 4 rings (SSSR count). The van der Waals surface area contributed by atoms with Gasteiger partial charge in [-0.05, 0) is 48.6 Å². The molecule has 0 aliphatic carbocycles. The van der Waals surface area contributed by atoms with E-state index in [4.69, 9.17) is 9.15 Å². The number of rotatable bonds is 6. The maximum atomic E-state index is 12.6. The van der Waals surface area contributed by atoms with E-state index in [1.165, 1.54) is 6.07 Å². The summed E-state index contributed by atoms with van der Waals surface area (Å²) in [6.45, 7) is 3.74. The van der Waals surface area contributed by atoms with Gasteiger partial charge in [0, 0.05) is 22.4 Å². The first kappa shape index (κ1) is 19.9. The fourth-order valence-corrected chi connectivity index (χ4v) is 4.08. The normalized spacial score (nSPS) is 11.9. The van der Waals surface area contributed by atoms with Gasteiger partial charge in [-0.1, -0.05) is 35.9 Å². The van der Waals surface area contributed by atoms with Crippen molar-refractivity contribution in [2.45, 2.75) is 19.9 Å². The Bertz CT molecular complexity index is 1230. The van der Waals surface area contributed by atoms with E-state index in [9.17, 15) is 9.59 Å². The van der Waals surface area contributed by atoms with Gasteiger partial charge in [0.05, 0.1) is 6.04 Å². The number of hydrogen-bond acceptors (Lipinski definition) is 5. The number of thiophene rings is 1. The Balaban J connectivity index is 1.48. The number of benzene rings is 2. The average Bonchev–Trinajstić information content (AvgIpc) is 3.25. The minimum atomic E-state index is -0.410. The Kier molecular flexibility index (Phi) is 5.68. The van der Waals surface area contributed by atoms with Gasteiger partial charge in [-0.25, -0.2) is 4.79 Å². The van der Waals surface area contributed by atoms with Gasteiger partial charge in [0.1, 0.15) is 11.3 Å². The summed E-state index contributed by atoms with van der Waals surface area (Å²) < 4.78 is 10.9. The number of hydrogen-bond donors (Lipinski definition) is 1. The Morgan fingerprint density at radius 1 is 1.10 bits per heavy atom. The van der Waals surface area contributed by atoms with Crippen LogP contribution < -0.4 is 15.7 Å². The molecule has 0 bridgehead atoms. The van der Waals surface area contributed by atoms with Crippen molar-refractivity contribution >= 4 is 28.2 Å². The number of aryl methyl sites for hydroxylation is 2. The van der Waals surface area contributed by atoms with Crippen LogP contribution in [-0.4, -0.2) is 12.5 Å². The van der Waals surface area contributed by atoms with Crippen molar-refractivity contribution in [3.8, 4) is 5.75 Å². The summed E-state index contributed by atoms with van der Waals surface area (Å²) in [5.41, 5.74) is 3.04. The largest absolute Gasteiger partial charge is 0.484 e. The Morgan fingerprint density at radius 2 is 1.90 bits per heavy atom. The lowest BCUT2D eigenvalue weighted by Crippen LogP contribution is -2.32. The smallest absolute Gasteiger partial charge is 0.336 e. The average molecular weight is 420 g/mol. The molecule has 6 heteroatoms. The highest BCUT2D eigenvalue weighted by atomic mass is 32.1. The van der Waals surface area contributed by atoms with E-state index in [1.807, 2.05) is 61.7 Å². The second-order valence-electron chi connectivity index (χ2n) is 7.12. The summed E-state index contributed by atoms with van der Waals surface area (Å²) in [7, 11) is 0. The molecule has 2 heterocycles. The summed E-state index contributed by atoms with van der Waals surface area (Å²) in [5, 5.41) is 5.88. The van der Waals surface area contributed by atoms with Crippen molar-refractivity contribution in [2.75, 3.05) is 6.61 Å². The summed E-state index contributed by atoms with van der Waals surface area (Å²) in [6.07, 6.45) is 0. The SMILES string of the molecule is Cc1ccc(C(NC(=O)COc2ccc3c(C)cc(=O)oc3c2)c2cccs2)cc1. The highest BCUT2D eigenvalue weighted by Crippen LogP contribution is 2.26. The molecule has 2 aromatic carbocycles. The third-order valence-corrected chi connectivity index (χ3v) is 5.77. The molecule has 2 aromatic heterocycles. The van der Waals surface area contributed by atoms with Crippen LogP contribution in [0.4, 0.5) is 0 Å². The van der Waals surface area contributed by atoms with Gasteiger partial charge < -0.3 is 14.5 Å². The second-order valence-corrected chi connectivity index (χ2v) is 8.10. The maximum absolute atomic E-state index is 12.6. The molecule has 1 N–H and O–H groups in total. The van der Waals surface area contributed by atoms with Gasteiger partial charge in [-0.15, -0.1) is 11.3 Å². The Hall–Kier alpha value is -3.38. The minimum Gasteiger partial charge on any atom is -0.484 e. The van der Waals surface area contributed by atoms with Crippen molar-refractivity contribution in [3.63, 3.8) is 0 Å². The number of carbonyl (C=O) groups is 1. The third-order valence-electron chi connectivity index (χ3n) is 4.84. The van der Waals surface area contributed by atoms with Crippen LogP contribution in [-0.2, 0) is 4.79 Å². The maximum Gasteiger partial charge on any atom is 0.336 e. The first-order valence-corrected chi connectivity index (χ1v) is 10.4. The molecule has 1 amide bonds. The molecule has 4 aromatic rings. The number of amides is 1. The molecule has 0 radical (unpaired) electrons. The van der Waals surface area contributed by atoms with Crippen LogP contribution in [0.5, 0.6) is 5.75 Å². The van der Waals surface area contributed by atoms with E-state index < -0.39 is 5.63 Å². The number of carbonyl (C=O) groups excluding carboxylic acids is 1. The standard InChI is InChI=1S/C24H21NO4S/c1-15-5-7-17(8-6-15)24(21-4-3-11-30-21)25-22(26)14-28-18-9-10-19-16(2)12-23(27)29-20(19)13-18/h3-13,24H,14H2,1-2H3,(H,25,26).